The molecule has 1 heterocycles. The summed E-state index contributed by atoms with van der Waals surface area (Å²) in [5.41, 5.74) is 0.832. The summed E-state index contributed by atoms with van der Waals surface area (Å²) in [5, 5.41) is 3.05. The Hall–Kier alpha value is -2.17. The van der Waals surface area contributed by atoms with Crippen LogP contribution in [-0.2, 0) is 11.8 Å². The molecule has 2 aromatic rings. The van der Waals surface area contributed by atoms with Crippen molar-refractivity contribution in [3.63, 3.8) is 0 Å². The molecule has 1 aliphatic rings. The van der Waals surface area contributed by atoms with E-state index < -0.39 is 0 Å². The van der Waals surface area contributed by atoms with Crippen molar-refractivity contribution in [3.8, 4) is 0 Å². The average Bonchev–Trinajstić information content (AvgIpc) is 2.81. The van der Waals surface area contributed by atoms with E-state index in [1.54, 1.807) is 18.3 Å². The van der Waals surface area contributed by atoms with Crippen molar-refractivity contribution in [1.29, 1.82) is 0 Å². The lowest BCUT2D eigenvalue weighted by molar-refractivity contribution is -0.127. The van der Waals surface area contributed by atoms with Gasteiger partial charge in [0.2, 0.25) is 5.91 Å². The molecule has 1 atom stereocenters. The predicted octanol–water partition coefficient (Wildman–Crippen LogP) is 2.56. The van der Waals surface area contributed by atoms with Crippen LogP contribution in [0.25, 0.3) is 0 Å². The van der Waals surface area contributed by atoms with Crippen LogP contribution >= 0.6 is 0 Å². The number of benzene rings is 1. The third-order valence-electron chi connectivity index (χ3n) is 4.08. The quantitative estimate of drug-likeness (QED) is 0.939. The Morgan fingerprint density at radius 1 is 1.38 bits per heavy atom. The van der Waals surface area contributed by atoms with Gasteiger partial charge >= 0.3 is 0 Å². The molecule has 0 bridgehead atoms. The molecule has 110 valence electrons. The zero-order valence-corrected chi connectivity index (χ0v) is 11.9. The molecule has 1 N–H and O–H groups in total. The van der Waals surface area contributed by atoms with Crippen molar-refractivity contribution in [2.24, 2.45) is 13.0 Å². The molecule has 0 unspecified atom stereocenters. The van der Waals surface area contributed by atoms with Crippen molar-refractivity contribution in [2.75, 3.05) is 0 Å². The molecule has 3 rings (SSSR count). The van der Waals surface area contributed by atoms with E-state index in [1.165, 1.54) is 12.1 Å². The van der Waals surface area contributed by atoms with Crippen molar-refractivity contribution in [3.05, 3.63) is 53.9 Å². The van der Waals surface area contributed by atoms with Gasteiger partial charge in [-0.3, -0.25) is 4.79 Å². The molecule has 0 spiro atoms. The first-order valence-electron chi connectivity index (χ1n) is 7.18. The highest BCUT2D eigenvalue weighted by Crippen LogP contribution is 2.28. The van der Waals surface area contributed by atoms with Crippen molar-refractivity contribution in [2.45, 2.75) is 25.3 Å². The molecular weight excluding hydrogens is 269 g/mol. The van der Waals surface area contributed by atoms with Crippen LogP contribution in [0.4, 0.5) is 4.39 Å². The monoisotopic (exact) mass is 287 g/mol. The molecule has 0 saturated heterocycles. The number of nitrogens with one attached hydrogen (secondary N) is 1. The number of carbonyl (C=O) groups excluding carboxylic acids is 1. The number of amides is 1. The minimum absolute atomic E-state index is 0.0542. The predicted molar refractivity (Wildman–Crippen MR) is 76.9 cm³/mol. The molecule has 0 radical (unpaired) electrons. The smallest absolute Gasteiger partial charge is 0.223 e. The van der Waals surface area contributed by atoms with E-state index in [9.17, 15) is 9.18 Å². The first-order valence-corrected chi connectivity index (χ1v) is 7.18. The second kappa shape index (κ2) is 5.68. The van der Waals surface area contributed by atoms with Crippen LogP contribution in [0.15, 0.2) is 36.7 Å². The van der Waals surface area contributed by atoms with Gasteiger partial charge in [-0.15, -0.1) is 0 Å². The molecule has 21 heavy (non-hydrogen) atoms. The van der Waals surface area contributed by atoms with Gasteiger partial charge in [0.1, 0.15) is 17.7 Å². The molecule has 0 aliphatic heterocycles. The summed E-state index contributed by atoms with van der Waals surface area (Å²) in [6.45, 7) is 0. The number of hydrogen-bond donors (Lipinski definition) is 1. The van der Waals surface area contributed by atoms with Crippen molar-refractivity contribution >= 4 is 5.91 Å². The summed E-state index contributed by atoms with van der Waals surface area (Å²) in [6, 6.07) is 5.84. The number of hydrogen-bond acceptors (Lipinski definition) is 2. The largest absolute Gasteiger partial charge is 0.342 e. The SMILES string of the molecule is Cn1ccnc1[C@@H](NC(=O)C1CCC1)c1ccc(F)cc1. The lowest BCUT2D eigenvalue weighted by atomic mass is 9.84. The minimum atomic E-state index is -0.348. The number of aryl methyl sites for hydroxylation is 1. The molecule has 5 heteroatoms. The Morgan fingerprint density at radius 3 is 2.62 bits per heavy atom. The number of imidazole rings is 1. The van der Waals surface area contributed by atoms with E-state index in [1.807, 2.05) is 17.8 Å². The van der Waals surface area contributed by atoms with Gasteiger partial charge in [0.25, 0.3) is 0 Å². The normalized spacial score (nSPS) is 16.3. The summed E-state index contributed by atoms with van der Waals surface area (Å²) in [4.78, 5) is 16.6. The summed E-state index contributed by atoms with van der Waals surface area (Å²) in [6.07, 6.45) is 6.54. The van der Waals surface area contributed by atoms with Crippen LogP contribution in [0.2, 0.25) is 0 Å². The Morgan fingerprint density at radius 2 is 2.10 bits per heavy atom. The first-order chi connectivity index (χ1) is 10.1. The van der Waals surface area contributed by atoms with E-state index in [4.69, 9.17) is 0 Å². The fraction of sp³-hybridized carbons (Fsp3) is 0.375. The first kappa shape index (κ1) is 13.8. The topological polar surface area (TPSA) is 46.9 Å². The number of aromatic nitrogens is 2. The Bertz CT molecular complexity index is 631. The maximum Gasteiger partial charge on any atom is 0.223 e. The summed E-state index contributed by atoms with van der Waals surface area (Å²) in [5.74, 6) is 0.615. The molecule has 1 aromatic carbocycles. The zero-order valence-electron chi connectivity index (χ0n) is 11.9. The molecule has 1 aromatic heterocycles. The van der Waals surface area contributed by atoms with Gasteiger partial charge in [0, 0.05) is 25.4 Å². The molecule has 1 aliphatic carbocycles. The van der Waals surface area contributed by atoms with E-state index in [2.05, 4.69) is 10.3 Å². The average molecular weight is 287 g/mol. The fourth-order valence-corrected chi connectivity index (χ4v) is 2.54. The van der Waals surface area contributed by atoms with Gasteiger partial charge in [-0.25, -0.2) is 9.37 Å². The molecule has 1 amide bonds. The lowest BCUT2D eigenvalue weighted by Gasteiger charge is -2.27. The Kier molecular flexibility index (Phi) is 3.73. The second-order valence-electron chi connectivity index (χ2n) is 5.52. The van der Waals surface area contributed by atoms with Crippen molar-refractivity contribution < 1.29 is 9.18 Å². The number of nitrogens with zero attached hydrogens (tertiary/aromatic N) is 2. The Labute approximate surface area is 123 Å². The maximum atomic E-state index is 13.1. The number of rotatable bonds is 4. The third kappa shape index (κ3) is 2.82. The van der Waals surface area contributed by atoms with Gasteiger partial charge in [0.15, 0.2) is 0 Å². The Balaban J connectivity index is 1.89. The van der Waals surface area contributed by atoms with Gasteiger partial charge in [-0.05, 0) is 30.5 Å². The van der Waals surface area contributed by atoms with Gasteiger partial charge in [0.05, 0.1) is 0 Å². The van der Waals surface area contributed by atoms with Crippen molar-refractivity contribution in [1.82, 2.24) is 14.9 Å². The van der Waals surface area contributed by atoms with Gasteiger partial charge in [-0.1, -0.05) is 18.6 Å². The fourth-order valence-electron chi connectivity index (χ4n) is 2.54. The standard InChI is InChI=1S/C16H18FN3O/c1-20-10-9-18-15(20)14(11-5-7-13(17)8-6-11)19-16(21)12-3-2-4-12/h5-10,12,14H,2-4H2,1H3,(H,19,21)/t14-/m0/s1. The summed E-state index contributed by atoms with van der Waals surface area (Å²) < 4.78 is 15.0. The highest BCUT2D eigenvalue weighted by atomic mass is 19.1. The highest BCUT2D eigenvalue weighted by molar-refractivity contribution is 5.80. The lowest BCUT2D eigenvalue weighted by Crippen LogP contribution is -2.38. The number of carbonyl (C=O) groups is 1. The van der Waals surface area contributed by atoms with Crippen LogP contribution in [0, 0.1) is 11.7 Å². The molecule has 4 nitrogen and oxygen atoms in total. The van der Waals surface area contributed by atoms with Crippen LogP contribution in [0.3, 0.4) is 0 Å². The maximum absolute atomic E-state index is 13.1. The minimum Gasteiger partial charge on any atom is -0.342 e. The second-order valence-corrected chi connectivity index (χ2v) is 5.52. The van der Waals surface area contributed by atoms with Gasteiger partial charge < -0.3 is 9.88 Å². The van der Waals surface area contributed by atoms with Gasteiger partial charge in [-0.2, -0.15) is 0 Å². The molecule has 1 fully saturated rings. The van der Waals surface area contributed by atoms with Crippen LogP contribution < -0.4 is 5.32 Å². The number of halogens is 1. The highest BCUT2D eigenvalue weighted by Gasteiger charge is 2.29. The van der Waals surface area contributed by atoms with E-state index in [-0.39, 0.29) is 23.7 Å². The summed E-state index contributed by atoms with van der Waals surface area (Å²) >= 11 is 0. The van der Waals surface area contributed by atoms with Crippen LogP contribution in [-0.4, -0.2) is 15.5 Å². The molecular formula is C16H18FN3O. The zero-order chi connectivity index (χ0) is 14.8. The van der Waals surface area contributed by atoms with E-state index in [0.29, 0.717) is 0 Å². The van der Waals surface area contributed by atoms with Crippen LogP contribution in [0.5, 0.6) is 0 Å². The molecule has 1 saturated carbocycles. The third-order valence-corrected chi connectivity index (χ3v) is 4.08. The summed E-state index contributed by atoms with van der Waals surface area (Å²) in [7, 11) is 1.88. The van der Waals surface area contributed by atoms with Crippen LogP contribution in [0.1, 0.15) is 36.7 Å². The van der Waals surface area contributed by atoms with E-state index >= 15 is 0 Å². The van der Waals surface area contributed by atoms with E-state index in [0.717, 1.165) is 30.7 Å².